The van der Waals surface area contributed by atoms with Gasteiger partial charge in [-0.1, -0.05) is 118 Å². The van der Waals surface area contributed by atoms with Crippen molar-refractivity contribution in [3.63, 3.8) is 0 Å². The van der Waals surface area contributed by atoms with Gasteiger partial charge in [0.05, 0.1) is 12.5 Å². The monoisotopic (exact) mass is 1690 g/mol. The highest BCUT2D eigenvalue weighted by atomic mass is 33.1. The van der Waals surface area contributed by atoms with Gasteiger partial charge in [-0.2, -0.15) is 0 Å². The minimum absolute atomic E-state index is 0.00791. The maximum absolute atomic E-state index is 14.8. The second kappa shape index (κ2) is 50.8. The molecule has 0 spiro atoms. The second-order valence-corrected chi connectivity index (χ2v) is 32.0. The number of hydrazine groups is 1. The lowest BCUT2D eigenvalue weighted by atomic mass is 9.92. The van der Waals surface area contributed by atoms with Crippen molar-refractivity contribution in [3.05, 3.63) is 81.8 Å². The Labute approximate surface area is 682 Å². The minimum Gasteiger partial charge on any atom is -0.508 e. The molecule has 116 heavy (non-hydrogen) atoms. The van der Waals surface area contributed by atoms with Crippen LogP contribution >= 0.6 is 32.9 Å². The first-order valence-electron chi connectivity index (χ1n) is 38.0. The van der Waals surface area contributed by atoms with Gasteiger partial charge in [-0.15, -0.1) is 11.3 Å². The van der Waals surface area contributed by atoms with Gasteiger partial charge in [0.15, 0.2) is 6.73 Å². The van der Waals surface area contributed by atoms with Crippen molar-refractivity contribution in [1.29, 1.82) is 0 Å². The lowest BCUT2D eigenvalue weighted by Gasteiger charge is -2.39. The second-order valence-electron chi connectivity index (χ2n) is 28.5. The number of rotatable bonds is 51. The number of aliphatic hydroxyl groups is 1. The summed E-state index contributed by atoms with van der Waals surface area (Å²) in [5.41, 5.74) is 5.52. The number of benzene rings is 2. The molecule has 1 unspecified atom stereocenters. The summed E-state index contributed by atoms with van der Waals surface area (Å²) in [5.74, 6) is -15.7. The zero-order valence-corrected chi connectivity index (χ0v) is 68.4. The highest BCUT2D eigenvalue weighted by molar-refractivity contribution is 8.76. The normalized spacial score (nSPS) is 15.8. The van der Waals surface area contributed by atoms with E-state index in [1.54, 1.807) is 49.4 Å². The summed E-state index contributed by atoms with van der Waals surface area (Å²) in [6.45, 7) is 12.3. The van der Waals surface area contributed by atoms with Crippen LogP contribution in [-0.4, -0.2) is 245 Å². The van der Waals surface area contributed by atoms with E-state index in [4.69, 9.17) is 14.6 Å². The van der Waals surface area contributed by atoms with E-state index in [0.717, 1.165) is 52.3 Å². The summed E-state index contributed by atoms with van der Waals surface area (Å²) in [7, 11) is 3.87. The average molecular weight is 1690 g/mol. The van der Waals surface area contributed by atoms with Crippen LogP contribution in [0.3, 0.4) is 0 Å². The van der Waals surface area contributed by atoms with E-state index >= 15 is 0 Å². The van der Waals surface area contributed by atoms with Crippen LogP contribution in [-0.2, 0) is 84.6 Å². The Kier molecular flexibility index (Phi) is 42.9. The van der Waals surface area contributed by atoms with Crippen molar-refractivity contribution in [2.24, 2.45) is 17.8 Å². The molecular weight excluding hydrogens is 1580 g/mol. The third-order valence-electron chi connectivity index (χ3n) is 18.8. The Morgan fingerprint density at radius 1 is 0.629 bits per heavy atom. The minimum atomic E-state index is -1.79. The summed E-state index contributed by atoms with van der Waals surface area (Å²) in [5, 5.41) is 90.6. The summed E-state index contributed by atoms with van der Waals surface area (Å²) in [4.78, 5) is 214. The van der Waals surface area contributed by atoms with E-state index < -0.39 is 207 Å². The number of hydrogen-bond acceptors (Lipinski definition) is 25. The summed E-state index contributed by atoms with van der Waals surface area (Å²) in [6, 6.07) is 1.00. The molecule has 38 nitrogen and oxygen atoms in total. The van der Waals surface area contributed by atoms with Gasteiger partial charge in [-0.25, -0.2) is 34.4 Å². The van der Waals surface area contributed by atoms with Crippen LogP contribution in [0.5, 0.6) is 5.75 Å². The van der Waals surface area contributed by atoms with Crippen LogP contribution in [0, 0.1) is 17.8 Å². The number of urea groups is 1. The Balaban J connectivity index is 1.31. The van der Waals surface area contributed by atoms with Gasteiger partial charge in [0.25, 0.3) is 5.91 Å². The molecule has 41 heteroatoms. The van der Waals surface area contributed by atoms with E-state index in [0.29, 0.717) is 30.4 Å². The number of thiazole rings is 1. The van der Waals surface area contributed by atoms with Crippen molar-refractivity contribution in [2.75, 3.05) is 38.4 Å². The fourth-order valence-corrected chi connectivity index (χ4v) is 14.8. The van der Waals surface area contributed by atoms with Crippen molar-refractivity contribution in [2.45, 2.75) is 224 Å². The van der Waals surface area contributed by atoms with E-state index in [2.05, 4.69) is 47.7 Å². The fraction of sp³-hybridized carbons (Fsp3) is 0.587. The number of hydrogen-bond donors (Lipinski definition) is 17. The maximum atomic E-state index is 14.8. The lowest BCUT2D eigenvalue weighted by Crippen LogP contribution is -2.59. The summed E-state index contributed by atoms with van der Waals surface area (Å²) < 4.78 is 10.8. The number of carboxylic acid groups (broad SMARTS) is 5. The highest BCUT2D eigenvalue weighted by Gasteiger charge is 2.40. The number of nitrogens with one attached hydrogen (secondary N) is 10. The number of carboxylic acids is 5. The number of amides is 11. The standard InChI is InChI=1S/C75H109N13O25S3/c1-9-16-62(97)113-40-88(70(103)63(42(5)10-2)84-68(102)55-19-14-15-30-87(55)8)56(41(3)4)37-57(90)69-81-53(38-114-69)67(101)77-47(34-46-21-23-48(89)24-22-46)33-43(6)64(98)85-86-75(111)112-31-32-115-116-39-54(73(108)109)80-65(99)51(35-45-17-12-11-13-18-45)79-66(100)52(36-61(95)96)78-59(92)27-20-44(7)76-58(91)28-25-49(71(104)105)82-74(110)83-50(72(106)107)26-29-60(93)94/h11-13,17-18,21-24,38,41-44,47,49-52,54-57,63,89-90H,9-10,14-16,19-20,25-37,39-40H2,1-8H3,(H,76,91)(H,77,101)(H,78,92)(H,79,100)(H,80,99)(H,84,102)(H,85,98)(H,86,111)(H,93,94)(H,95,96)(H,104,105)(H,106,107)(H,108,109)(H2,82,83,110)/t42?,43-,44+,47+,49-,50-,51-,52-,54-,55+,56+,57+,63-/m0/s1. The number of esters is 1. The molecule has 3 aromatic rings. The molecule has 1 aliphatic heterocycles. The predicted octanol–water partition coefficient (Wildman–Crippen LogP) is 3.34. The number of phenols is 1. The van der Waals surface area contributed by atoms with Crippen molar-refractivity contribution in [1.82, 2.24) is 68.2 Å². The molecule has 1 aromatic heterocycles. The van der Waals surface area contributed by atoms with Gasteiger partial charge in [-0.3, -0.25) is 63.1 Å². The summed E-state index contributed by atoms with van der Waals surface area (Å²) >= 11 is 0.994. The van der Waals surface area contributed by atoms with Gasteiger partial charge < -0.3 is 92.7 Å². The molecule has 0 radical (unpaired) electrons. The molecule has 2 heterocycles. The molecule has 1 aliphatic rings. The smallest absolute Gasteiger partial charge is 0.426 e. The van der Waals surface area contributed by atoms with Crippen LogP contribution in [0.15, 0.2) is 60.0 Å². The number of carbonyl (C=O) groups is 16. The number of nitrogens with zero attached hydrogens (tertiary/aromatic N) is 3. The number of likely N-dealkylation sites (tertiary alicyclic amines) is 1. The lowest BCUT2D eigenvalue weighted by molar-refractivity contribution is -0.159. The molecule has 0 bridgehead atoms. The Morgan fingerprint density at radius 3 is 1.84 bits per heavy atom. The van der Waals surface area contributed by atoms with E-state index in [9.17, 15) is 107 Å². The average Bonchev–Trinajstić information content (AvgIpc) is 1.20. The molecule has 11 amide bonds. The third-order valence-corrected chi connectivity index (χ3v) is 22.1. The molecule has 17 N–H and O–H groups in total. The Bertz CT molecular complexity index is 3810. The molecule has 642 valence electrons. The first-order chi connectivity index (χ1) is 54.9. The van der Waals surface area contributed by atoms with Crippen LogP contribution in [0.25, 0.3) is 0 Å². The molecule has 4 rings (SSSR count). The topological polar surface area (TPSA) is 573 Å². The maximum Gasteiger partial charge on any atom is 0.426 e. The van der Waals surface area contributed by atoms with E-state index in [1.165, 1.54) is 29.3 Å². The van der Waals surface area contributed by atoms with Crippen LogP contribution in [0.1, 0.15) is 178 Å². The van der Waals surface area contributed by atoms with Crippen LogP contribution in [0.4, 0.5) is 9.59 Å². The van der Waals surface area contributed by atoms with Crippen LogP contribution in [0.2, 0.25) is 0 Å². The van der Waals surface area contributed by atoms with E-state index in [-0.39, 0.29) is 90.8 Å². The fourth-order valence-electron chi connectivity index (χ4n) is 12.0. The zero-order chi connectivity index (χ0) is 86.3. The molecule has 1 fully saturated rings. The number of ether oxygens (including phenoxy) is 2. The SMILES string of the molecule is CCCC(=O)OCN(C(=O)[C@@H](NC(=O)[C@H]1CCCCN1C)C(C)CC)[C@H](C[C@@H](O)c1nc(C(=O)N[C@@H](Cc2ccc(O)cc2)C[C@H](C)C(=O)NNC(=O)OCCSSC[C@H](NC(=O)[C@H](Cc2ccccc2)NC(=O)[C@H](CC(=O)O)NC(=O)CC[C@@H](C)NC(=O)CC[C@H](NC(=O)N[C@@H](CCC(=O)O)C(=O)O)C(=O)O)C(=O)O)cs1)C(C)C. The number of aliphatic carboxylic acids is 5. The van der Waals surface area contributed by atoms with E-state index in [1.807, 2.05) is 57.2 Å². The largest absolute Gasteiger partial charge is 0.508 e. The zero-order valence-electron chi connectivity index (χ0n) is 66.0. The van der Waals surface area contributed by atoms with Gasteiger partial charge in [0, 0.05) is 79.5 Å². The summed E-state index contributed by atoms with van der Waals surface area (Å²) in [6.07, 6.45) is -2.65. The number of likely N-dealkylation sites (N-methyl/N-ethyl adjacent to an activating group) is 1. The van der Waals surface area contributed by atoms with Crippen molar-refractivity contribution in [3.8, 4) is 5.75 Å². The molecule has 2 aromatic carbocycles. The van der Waals surface area contributed by atoms with Gasteiger partial charge in [0.1, 0.15) is 65.4 Å². The molecule has 0 aliphatic carbocycles. The number of aromatic hydroxyl groups is 1. The number of phenolic OH excluding ortho intramolecular Hbond substituents is 1. The predicted molar refractivity (Wildman–Crippen MR) is 422 cm³/mol. The first kappa shape index (κ1) is 98.0. The van der Waals surface area contributed by atoms with Crippen LogP contribution < -0.4 is 53.4 Å². The van der Waals surface area contributed by atoms with Gasteiger partial charge in [-0.05, 0) is 107 Å². The Morgan fingerprint density at radius 2 is 1.24 bits per heavy atom. The quantitative estimate of drug-likeness (QED) is 0.0127. The van der Waals surface area contributed by atoms with Crippen molar-refractivity contribution < 1.29 is 122 Å². The third kappa shape index (κ3) is 35.8. The highest BCUT2D eigenvalue weighted by Crippen LogP contribution is 2.30. The van der Waals surface area contributed by atoms with Crippen molar-refractivity contribution >= 4 is 128 Å². The molecule has 13 atom stereocenters. The number of aliphatic hydroxyl groups excluding tert-OH is 1. The molecule has 1 saturated heterocycles. The number of carbonyl (C=O) groups excluding carboxylic acids is 11. The molecular formula is C75H109N13O25S3. The molecule has 0 saturated carbocycles. The first-order valence-corrected chi connectivity index (χ1v) is 41.3. The number of piperidine rings is 1. The van der Waals surface area contributed by atoms with Gasteiger partial charge in [0.2, 0.25) is 41.4 Å². The Hall–Kier alpha value is -10.4. The van der Waals surface area contributed by atoms with Gasteiger partial charge >= 0.3 is 47.9 Å². The number of aromatic nitrogens is 1.